The second-order valence-corrected chi connectivity index (χ2v) is 2.57. The second-order valence-electron chi connectivity index (χ2n) is 1.05. The van der Waals surface area contributed by atoms with Gasteiger partial charge in [-0.05, 0) is 13.1 Å². The topological polar surface area (TPSA) is 27.7 Å². The summed E-state index contributed by atoms with van der Waals surface area (Å²) >= 11 is 0. The second kappa shape index (κ2) is 6.65. The van der Waals surface area contributed by atoms with E-state index in [0.29, 0.717) is 19.5 Å². The molecule has 9 heavy (non-hydrogen) atoms. The molecule has 0 bridgehead atoms. The zero-order valence-corrected chi connectivity index (χ0v) is 8.30. The largest absolute Gasteiger partial charge is 0.375 e. The van der Waals surface area contributed by atoms with E-state index in [4.69, 9.17) is 8.85 Å². The fraction of sp³-hybridized carbons (Fsp3) is 1.00. The summed E-state index contributed by atoms with van der Waals surface area (Å²) in [6.45, 7) is 3.26. The highest BCUT2D eigenvalue weighted by atomic mass is 28.2. The molecule has 0 aromatic carbocycles. The van der Waals surface area contributed by atoms with E-state index in [1.165, 1.54) is 0 Å². The van der Waals surface area contributed by atoms with Crippen molar-refractivity contribution in [1.82, 2.24) is 0 Å². The Morgan fingerprint density at radius 3 is 1.89 bits per heavy atom. The minimum atomic E-state index is -0.548. The molecule has 0 rings (SSSR count). The van der Waals surface area contributed by atoms with Crippen molar-refractivity contribution in [2.75, 3.05) is 0 Å². The summed E-state index contributed by atoms with van der Waals surface area (Å²) < 4.78 is 14.6. The third-order valence-electron chi connectivity index (χ3n) is 0.524. The van der Waals surface area contributed by atoms with Crippen LogP contribution in [0.5, 0.6) is 0 Å². The molecule has 0 unspecified atom stereocenters. The molecule has 3 nitrogen and oxygen atoms in total. The Labute approximate surface area is 63.5 Å². The van der Waals surface area contributed by atoms with Crippen LogP contribution in [0.1, 0.15) is 0 Å². The molecule has 0 saturated carbocycles. The van der Waals surface area contributed by atoms with E-state index in [1.807, 2.05) is 13.1 Å². The molecule has 0 aromatic heterocycles. The van der Waals surface area contributed by atoms with Crippen LogP contribution < -0.4 is 0 Å². The summed E-state index contributed by atoms with van der Waals surface area (Å²) in [7, 11) is 3.58. The number of hydrogen-bond donors (Lipinski definition) is 0. The lowest BCUT2D eigenvalue weighted by molar-refractivity contribution is -0.136. The summed E-state index contributed by atoms with van der Waals surface area (Å²) in [5.74, 6) is 0. The standard InChI is InChI=1S/C3H7O3Si3/c1-8-5-3(4-7)6-9-2/h3H,1-2H3. The minimum Gasteiger partial charge on any atom is -0.375 e. The van der Waals surface area contributed by atoms with E-state index in [0.717, 1.165) is 0 Å². The van der Waals surface area contributed by atoms with Crippen molar-refractivity contribution in [3.63, 3.8) is 0 Å². The average molecular weight is 175 g/mol. The van der Waals surface area contributed by atoms with Crippen LogP contribution in [-0.2, 0) is 13.3 Å². The first-order valence-electron chi connectivity index (χ1n) is 2.32. The van der Waals surface area contributed by atoms with Crippen LogP contribution in [0.15, 0.2) is 0 Å². The lowest BCUT2D eigenvalue weighted by Gasteiger charge is -2.13. The van der Waals surface area contributed by atoms with E-state index in [9.17, 15) is 0 Å². The van der Waals surface area contributed by atoms with Crippen LogP contribution in [-0.4, -0.2) is 36.5 Å². The molecule has 0 saturated heterocycles. The first-order valence-corrected chi connectivity index (χ1v) is 5.54. The van der Waals surface area contributed by atoms with Crippen molar-refractivity contribution in [3.8, 4) is 0 Å². The summed E-state index contributed by atoms with van der Waals surface area (Å²) in [6.07, 6.45) is 0. The van der Waals surface area contributed by atoms with Crippen molar-refractivity contribution in [3.05, 3.63) is 0 Å². The van der Waals surface area contributed by atoms with Gasteiger partial charge in [0.2, 0.25) is 26.0 Å². The van der Waals surface area contributed by atoms with E-state index < -0.39 is 6.48 Å². The van der Waals surface area contributed by atoms with Gasteiger partial charge in [-0.25, -0.2) is 0 Å². The zero-order chi connectivity index (χ0) is 7.11. The van der Waals surface area contributed by atoms with Gasteiger partial charge in [-0.2, -0.15) is 0 Å². The van der Waals surface area contributed by atoms with Crippen molar-refractivity contribution in [2.24, 2.45) is 0 Å². The Hall–Kier alpha value is 0.531. The Kier molecular flexibility index (Phi) is 7.04. The molecule has 7 radical (unpaired) electrons. The fourth-order valence-electron chi connectivity index (χ4n) is 0.265. The van der Waals surface area contributed by atoms with Gasteiger partial charge in [0.05, 0.1) is 0 Å². The highest BCUT2D eigenvalue weighted by Gasteiger charge is 2.02. The van der Waals surface area contributed by atoms with E-state index in [-0.39, 0.29) is 0 Å². The van der Waals surface area contributed by atoms with Crippen molar-refractivity contribution >= 4 is 30.0 Å². The highest BCUT2D eigenvalue weighted by Crippen LogP contribution is 1.91. The molecule has 0 N–H and O–H groups in total. The molecule has 0 atom stereocenters. The van der Waals surface area contributed by atoms with Gasteiger partial charge in [0.1, 0.15) is 0 Å². The van der Waals surface area contributed by atoms with E-state index >= 15 is 0 Å². The third-order valence-corrected chi connectivity index (χ3v) is 1.57. The van der Waals surface area contributed by atoms with Crippen LogP contribution >= 0.6 is 0 Å². The molecule has 49 valence electrons. The van der Waals surface area contributed by atoms with Gasteiger partial charge in [-0.15, -0.1) is 0 Å². The van der Waals surface area contributed by atoms with Crippen molar-refractivity contribution in [1.29, 1.82) is 0 Å². The van der Waals surface area contributed by atoms with Crippen LogP contribution in [0.3, 0.4) is 0 Å². The molecule has 0 fully saturated rings. The van der Waals surface area contributed by atoms with Gasteiger partial charge in [-0.3, -0.25) is 0 Å². The van der Waals surface area contributed by atoms with Crippen LogP contribution in [0.2, 0.25) is 13.1 Å². The zero-order valence-electron chi connectivity index (χ0n) is 5.30. The van der Waals surface area contributed by atoms with Gasteiger partial charge in [-0.1, -0.05) is 0 Å². The summed E-state index contributed by atoms with van der Waals surface area (Å²) in [5.41, 5.74) is 0. The third kappa shape index (κ3) is 5.00. The van der Waals surface area contributed by atoms with Crippen LogP contribution in [0, 0.1) is 0 Å². The maximum atomic E-state index is 4.97. The lowest BCUT2D eigenvalue weighted by atomic mass is 11.4. The SMILES string of the molecule is C[Si]OC(O[Si])O[Si]C. The van der Waals surface area contributed by atoms with Gasteiger partial charge in [0.25, 0.3) is 10.5 Å². The quantitative estimate of drug-likeness (QED) is 0.425. The summed E-state index contributed by atoms with van der Waals surface area (Å²) in [4.78, 5) is 0. The Morgan fingerprint density at radius 2 is 1.67 bits per heavy atom. The molecule has 6 heteroatoms. The Balaban J connectivity index is 3.18. The van der Waals surface area contributed by atoms with Crippen LogP contribution in [0.4, 0.5) is 0 Å². The number of rotatable bonds is 5. The monoisotopic (exact) mass is 175 g/mol. The maximum absolute atomic E-state index is 4.97. The Bertz CT molecular complexity index is 56.3. The van der Waals surface area contributed by atoms with Crippen molar-refractivity contribution in [2.45, 2.75) is 19.6 Å². The minimum absolute atomic E-state index is 0.378. The van der Waals surface area contributed by atoms with E-state index in [1.54, 1.807) is 0 Å². The summed E-state index contributed by atoms with van der Waals surface area (Å²) in [6, 6.07) is 0. The van der Waals surface area contributed by atoms with Gasteiger partial charge in [0.15, 0.2) is 0 Å². The lowest BCUT2D eigenvalue weighted by Crippen LogP contribution is -2.21. The smallest absolute Gasteiger partial charge is 0.253 e. The predicted octanol–water partition coefficient (Wildman–Crippen LogP) is -0.262. The molecular formula is C3H7O3Si3. The Morgan fingerprint density at radius 1 is 1.22 bits per heavy atom. The molecule has 0 aliphatic rings. The fourth-order valence-corrected chi connectivity index (χ4v) is 1.23. The summed E-state index contributed by atoms with van der Waals surface area (Å²) in [5, 5.41) is 0. The number of hydrogen-bond acceptors (Lipinski definition) is 3. The van der Waals surface area contributed by atoms with Crippen molar-refractivity contribution < 1.29 is 13.3 Å². The first kappa shape index (κ1) is 9.53. The maximum Gasteiger partial charge on any atom is 0.253 e. The van der Waals surface area contributed by atoms with Gasteiger partial charge in [0, 0.05) is 0 Å². The molecule has 0 aromatic rings. The molecule has 0 aliphatic carbocycles. The molecule has 0 heterocycles. The van der Waals surface area contributed by atoms with E-state index in [2.05, 4.69) is 14.9 Å². The van der Waals surface area contributed by atoms with Crippen LogP contribution in [0.25, 0.3) is 0 Å². The molecular weight excluding hydrogens is 168 g/mol. The van der Waals surface area contributed by atoms with Gasteiger partial charge >= 0.3 is 0 Å². The highest BCUT2D eigenvalue weighted by molar-refractivity contribution is 6.26. The molecule has 0 spiro atoms. The molecule has 0 amide bonds. The predicted molar refractivity (Wildman–Crippen MR) is 36.0 cm³/mol. The first-order chi connectivity index (χ1) is 4.35. The normalized spacial score (nSPS) is 10.7. The molecule has 0 aliphatic heterocycles. The average Bonchev–Trinajstić information content (AvgIpc) is 1.88. The van der Waals surface area contributed by atoms with Gasteiger partial charge < -0.3 is 13.3 Å².